The third-order valence-corrected chi connectivity index (χ3v) is 4.40. The Morgan fingerprint density at radius 3 is 2.70 bits per heavy atom. The Bertz CT molecular complexity index is 959. The molecule has 0 bridgehead atoms. The van der Waals surface area contributed by atoms with Crippen molar-refractivity contribution >= 4 is 29.1 Å². The van der Waals surface area contributed by atoms with Crippen LogP contribution in [0.3, 0.4) is 0 Å². The molecule has 3 aromatic rings. The van der Waals surface area contributed by atoms with E-state index in [1.807, 2.05) is 0 Å². The largest absolute Gasteiger partial charge is 0.485 e. The fraction of sp³-hybridized carbons (Fsp3) is 0.211. The Balaban J connectivity index is 1.73. The summed E-state index contributed by atoms with van der Waals surface area (Å²) in [4.78, 5) is 18.5. The van der Waals surface area contributed by atoms with Crippen LogP contribution in [0.5, 0.6) is 5.75 Å². The molecular weight excluding hydrogens is 389 g/mol. The average molecular weight is 406 g/mol. The molecule has 0 N–H and O–H groups in total. The topological polar surface area (TPSA) is 68.5 Å². The first-order chi connectivity index (χ1) is 12.9. The van der Waals surface area contributed by atoms with Crippen molar-refractivity contribution in [3.8, 4) is 5.75 Å². The van der Waals surface area contributed by atoms with Crippen molar-refractivity contribution < 1.29 is 14.1 Å². The van der Waals surface area contributed by atoms with Crippen LogP contribution in [0.1, 0.15) is 27.6 Å². The molecule has 1 amide bonds. The molecule has 3 rings (SSSR count). The molecule has 0 spiro atoms. The van der Waals surface area contributed by atoms with Crippen molar-refractivity contribution in [1.29, 1.82) is 0 Å². The summed E-state index contributed by atoms with van der Waals surface area (Å²) in [5.41, 5.74) is 1.24. The third kappa shape index (κ3) is 4.78. The summed E-state index contributed by atoms with van der Waals surface area (Å²) >= 11 is 12.1. The molecule has 140 valence electrons. The number of halogens is 2. The minimum atomic E-state index is -0.194. The Morgan fingerprint density at radius 2 is 2.00 bits per heavy atom. The van der Waals surface area contributed by atoms with Gasteiger partial charge in [0.1, 0.15) is 5.75 Å². The van der Waals surface area contributed by atoms with Gasteiger partial charge in [-0.25, -0.2) is 0 Å². The molecule has 0 fully saturated rings. The number of aromatic nitrogens is 2. The van der Waals surface area contributed by atoms with Crippen molar-refractivity contribution in [3.05, 3.63) is 75.4 Å². The Kier molecular flexibility index (Phi) is 5.98. The summed E-state index contributed by atoms with van der Waals surface area (Å²) in [6, 6.07) is 12.2. The molecule has 0 saturated heterocycles. The first-order valence-electron chi connectivity index (χ1n) is 8.14. The minimum absolute atomic E-state index is 0.106. The van der Waals surface area contributed by atoms with Crippen LogP contribution in [-0.2, 0) is 13.2 Å². The maximum atomic E-state index is 12.9. The predicted molar refractivity (Wildman–Crippen MR) is 102 cm³/mol. The molecule has 1 aromatic heterocycles. The average Bonchev–Trinajstić information content (AvgIpc) is 3.07. The van der Waals surface area contributed by atoms with E-state index in [0.717, 1.165) is 5.56 Å². The summed E-state index contributed by atoms with van der Waals surface area (Å²) in [5.74, 6) is 1.12. The van der Waals surface area contributed by atoms with E-state index in [9.17, 15) is 4.79 Å². The van der Waals surface area contributed by atoms with Gasteiger partial charge in [0.25, 0.3) is 5.91 Å². The lowest BCUT2D eigenvalue weighted by atomic mass is 10.1. The number of hydrogen-bond donors (Lipinski definition) is 0. The van der Waals surface area contributed by atoms with Gasteiger partial charge in [0.05, 0.1) is 5.56 Å². The number of nitrogens with zero attached hydrogens (tertiary/aromatic N) is 3. The van der Waals surface area contributed by atoms with Gasteiger partial charge in [-0.2, -0.15) is 4.98 Å². The van der Waals surface area contributed by atoms with Crippen LogP contribution in [0.15, 0.2) is 47.0 Å². The lowest BCUT2D eigenvalue weighted by molar-refractivity contribution is 0.0780. The Labute approximate surface area is 166 Å². The van der Waals surface area contributed by atoms with Crippen molar-refractivity contribution in [2.45, 2.75) is 20.1 Å². The van der Waals surface area contributed by atoms with Crippen molar-refractivity contribution in [2.75, 3.05) is 7.05 Å². The lowest BCUT2D eigenvalue weighted by Gasteiger charge is -2.20. The first kappa shape index (κ1) is 19.2. The van der Waals surface area contributed by atoms with Crippen molar-refractivity contribution in [2.24, 2.45) is 0 Å². The van der Waals surface area contributed by atoms with E-state index in [2.05, 4.69) is 10.1 Å². The number of para-hydroxylation sites is 1. The van der Waals surface area contributed by atoms with Gasteiger partial charge in [0, 0.05) is 30.6 Å². The summed E-state index contributed by atoms with van der Waals surface area (Å²) in [6.45, 7) is 2.15. The summed E-state index contributed by atoms with van der Waals surface area (Å²) in [6.07, 6.45) is 0. The molecule has 27 heavy (non-hydrogen) atoms. The van der Waals surface area contributed by atoms with Gasteiger partial charge >= 0.3 is 0 Å². The number of benzene rings is 2. The van der Waals surface area contributed by atoms with Gasteiger partial charge in [-0.3, -0.25) is 4.79 Å². The zero-order valence-corrected chi connectivity index (χ0v) is 16.3. The molecule has 6 nitrogen and oxygen atoms in total. The second-order valence-electron chi connectivity index (χ2n) is 5.91. The zero-order valence-electron chi connectivity index (χ0n) is 14.8. The Hall–Kier alpha value is -2.57. The molecule has 0 aliphatic carbocycles. The van der Waals surface area contributed by atoms with Gasteiger partial charge in [-0.15, -0.1) is 0 Å². The van der Waals surface area contributed by atoms with Crippen LogP contribution in [0, 0.1) is 6.92 Å². The molecule has 8 heteroatoms. The van der Waals surface area contributed by atoms with E-state index >= 15 is 0 Å². The van der Waals surface area contributed by atoms with Crippen molar-refractivity contribution in [3.63, 3.8) is 0 Å². The highest BCUT2D eigenvalue weighted by Gasteiger charge is 2.18. The summed E-state index contributed by atoms with van der Waals surface area (Å²) < 4.78 is 10.6. The molecule has 0 radical (unpaired) electrons. The van der Waals surface area contributed by atoms with Crippen LogP contribution in [0.2, 0.25) is 10.0 Å². The maximum absolute atomic E-state index is 12.9. The smallest absolute Gasteiger partial charge is 0.257 e. The number of hydrogen-bond acceptors (Lipinski definition) is 5. The highest BCUT2D eigenvalue weighted by atomic mass is 35.5. The van der Waals surface area contributed by atoms with Crippen LogP contribution in [0.25, 0.3) is 0 Å². The first-order valence-corrected chi connectivity index (χ1v) is 8.90. The zero-order chi connectivity index (χ0) is 19.4. The number of ether oxygens (including phenoxy) is 1. The molecule has 0 saturated carbocycles. The fourth-order valence-electron chi connectivity index (χ4n) is 2.49. The minimum Gasteiger partial charge on any atom is -0.485 e. The molecular formula is C19H17Cl2N3O3. The molecule has 0 aliphatic heterocycles. The predicted octanol–water partition coefficient (Wildman–Crippen LogP) is 4.54. The lowest BCUT2D eigenvalue weighted by Crippen LogP contribution is -2.26. The summed E-state index contributed by atoms with van der Waals surface area (Å²) in [5, 5.41) is 4.84. The standard InChI is InChI=1S/C19H17Cl2N3O3/c1-12-22-18(23-27-12)11-26-17-6-4-3-5-15(17)19(25)24(2)10-13-7-8-14(20)9-16(13)21/h3-9H,10-11H2,1-2H3. The van der Waals surface area contributed by atoms with E-state index in [-0.39, 0.29) is 12.5 Å². The monoisotopic (exact) mass is 405 g/mol. The van der Waals surface area contributed by atoms with E-state index in [4.69, 9.17) is 32.5 Å². The number of carbonyl (C=O) groups excluding carboxylic acids is 1. The van der Waals surface area contributed by atoms with E-state index < -0.39 is 0 Å². The number of carbonyl (C=O) groups is 1. The van der Waals surface area contributed by atoms with Gasteiger partial charge in [-0.05, 0) is 29.8 Å². The maximum Gasteiger partial charge on any atom is 0.257 e. The number of aryl methyl sites for hydroxylation is 1. The van der Waals surface area contributed by atoms with Gasteiger partial charge < -0.3 is 14.2 Å². The molecule has 0 atom stereocenters. The third-order valence-electron chi connectivity index (χ3n) is 3.81. The SMILES string of the molecule is Cc1nc(COc2ccccc2C(=O)N(C)Cc2ccc(Cl)cc2Cl)no1. The fourth-order valence-corrected chi connectivity index (χ4v) is 2.96. The van der Waals surface area contributed by atoms with E-state index in [1.54, 1.807) is 61.3 Å². The van der Waals surface area contributed by atoms with Gasteiger partial charge in [0.15, 0.2) is 6.61 Å². The Morgan fingerprint density at radius 1 is 1.22 bits per heavy atom. The highest BCUT2D eigenvalue weighted by Crippen LogP contribution is 2.24. The normalized spacial score (nSPS) is 10.7. The molecule has 0 unspecified atom stereocenters. The van der Waals surface area contributed by atoms with Gasteiger partial charge in [0.2, 0.25) is 11.7 Å². The van der Waals surface area contributed by atoms with Crippen LogP contribution < -0.4 is 4.74 Å². The van der Waals surface area contributed by atoms with E-state index in [1.165, 1.54) is 0 Å². The molecule has 1 heterocycles. The number of rotatable bonds is 6. The highest BCUT2D eigenvalue weighted by molar-refractivity contribution is 6.35. The summed E-state index contributed by atoms with van der Waals surface area (Å²) in [7, 11) is 1.70. The van der Waals surface area contributed by atoms with E-state index in [0.29, 0.717) is 39.6 Å². The molecule has 0 aliphatic rings. The second kappa shape index (κ2) is 8.41. The number of amides is 1. The second-order valence-corrected chi connectivity index (χ2v) is 6.76. The quantitative estimate of drug-likeness (QED) is 0.602. The molecule has 2 aromatic carbocycles. The van der Waals surface area contributed by atoms with Crippen LogP contribution >= 0.6 is 23.2 Å². The van der Waals surface area contributed by atoms with Crippen molar-refractivity contribution in [1.82, 2.24) is 15.0 Å². The van der Waals surface area contributed by atoms with Gasteiger partial charge in [-0.1, -0.05) is 46.6 Å². The van der Waals surface area contributed by atoms with Crippen LogP contribution in [0.4, 0.5) is 0 Å². The van der Waals surface area contributed by atoms with Crippen LogP contribution in [-0.4, -0.2) is 28.0 Å².